The third-order valence-corrected chi connectivity index (χ3v) is 8.24. The van der Waals surface area contributed by atoms with Gasteiger partial charge in [0.1, 0.15) is 18.5 Å². The molecule has 10 nitrogen and oxygen atoms in total. The molecule has 0 radical (unpaired) electrons. The molecule has 0 unspecified atom stereocenters. The van der Waals surface area contributed by atoms with Crippen molar-refractivity contribution in [1.82, 2.24) is 15.1 Å². The van der Waals surface area contributed by atoms with E-state index in [1.165, 1.54) is 19.3 Å². The maximum absolute atomic E-state index is 13.5. The van der Waals surface area contributed by atoms with Crippen LogP contribution in [0.3, 0.4) is 0 Å². The van der Waals surface area contributed by atoms with Gasteiger partial charge in [-0.05, 0) is 81.2 Å². The Morgan fingerprint density at radius 2 is 1.73 bits per heavy atom. The van der Waals surface area contributed by atoms with E-state index in [9.17, 15) is 14.4 Å². The highest BCUT2D eigenvalue weighted by Gasteiger charge is 2.39. The maximum Gasteiger partial charge on any atom is 0.323 e. The van der Waals surface area contributed by atoms with Crippen LogP contribution in [0.4, 0.5) is 16.2 Å². The summed E-state index contributed by atoms with van der Waals surface area (Å²) in [5.74, 6) is 0.200. The largest absolute Gasteiger partial charge is 0.490 e. The Kier molecular flexibility index (Phi) is 9.64. The molecule has 3 heterocycles. The number of rotatable bonds is 7. The zero-order valence-corrected chi connectivity index (χ0v) is 24.1. The fraction of sp³-hybridized carbons (Fsp3) is 0.500. The molecule has 3 N–H and O–H groups in total. The summed E-state index contributed by atoms with van der Waals surface area (Å²) in [5, 5.41) is 9.12. The number of amides is 4. The molecule has 2 fully saturated rings. The smallest absolute Gasteiger partial charge is 0.323 e. The second-order valence-corrected chi connectivity index (χ2v) is 11.4. The van der Waals surface area contributed by atoms with Gasteiger partial charge in [-0.1, -0.05) is 18.0 Å². The van der Waals surface area contributed by atoms with Crippen LogP contribution in [0.5, 0.6) is 5.75 Å². The first-order chi connectivity index (χ1) is 19.9. The van der Waals surface area contributed by atoms with E-state index in [4.69, 9.17) is 21.1 Å². The van der Waals surface area contributed by atoms with Gasteiger partial charge in [0.15, 0.2) is 0 Å². The Morgan fingerprint density at radius 1 is 1.00 bits per heavy atom. The summed E-state index contributed by atoms with van der Waals surface area (Å²) in [4.78, 5) is 42.7. The van der Waals surface area contributed by atoms with Crippen molar-refractivity contribution in [2.24, 2.45) is 0 Å². The summed E-state index contributed by atoms with van der Waals surface area (Å²) in [6.07, 6.45) is 4.87. The zero-order chi connectivity index (χ0) is 28.8. The lowest BCUT2D eigenvalue weighted by Gasteiger charge is -2.42. The number of hydrogen-bond donors (Lipinski definition) is 3. The Bertz CT molecular complexity index is 1240. The number of urea groups is 1. The molecule has 0 saturated carbocycles. The maximum atomic E-state index is 13.5. The van der Waals surface area contributed by atoms with E-state index in [0.717, 1.165) is 19.6 Å². The minimum Gasteiger partial charge on any atom is -0.490 e. The predicted molar refractivity (Wildman–Crippen MR) is 158 cm³/mol. The van der Waals surface area contributed by atoms with Crippen LogP contribution in [-0.4, -0.2) is 85.7 Å². The molecule has 2 aromatic carbocycles. The normalized spacial score (nSPS) is 22.8. The topological polar surface area (TPSA) is 112 Å². The lowest BCUT2D eigenvalue weighted by Crippen LogP contribution is -2.54. The van der Waals surface area contributed by atoms with Gasteiger partial charge < -0.3 is 35.2 Å². The molecule has 4 amide bonds. The van der Waals surface area contributed by atoms with E-state index in [2.05, 4.69) is 20.9 Å². The number of halogens is 1. The third kappa shape index (κ3) is 7.69. The molecule has 3 aliphatic rings. The number of carbonyl (C=O) groups excluding carboxylic acids is 3. The van der Waals surface area contributed by atoms with Crippen molar-refractivity contribution in [3.05, 3.63) is 53.1 Å². The molecule has 11 heteroatoms. The van der Waals surface area contributed by atoms with Gasteiger partial charge in [-0.15, -0.1) is 0 Å². The van der Waals surface area contributed by atoms with Gasteiger partial charge in [-0.25, -0.2) is 4.79 Å². The van der Waals surface area contributed by atoms with Crippen molar-refractivity contribution in [2.45, 2.75) is 56.8 Å². The predicted octanol–water partition coefficient (Wildman–Crippen LogP) is 4.36. The number of fused-ring (bicyclic) bond motifs is 2. The molecule has 2 aromatic rings. The van der Waals surface area contributed by atoms with E-state index < -0.39 is 6.03 Å². The number of nitrogens with zero attached hydrogens (tertiary/aromatic N) is 2. The van der Waals surface area contributed by atoms with Gasteiger partial charge in [-0.2, -0.15) is 0 Å². The number of likely N-dealkylation sites (tertiary alicyclic amines) is 1. The summed E-state index contributed by atoms with van der Waals surface area (Å²) in [7, 11) is 1.76. The molecular weight excluding hydrogens is 546 g/mol. The fourth-order valence-electron chi connectivity index (χ4n) is 5.75. The molecule has 3 atom stereocenters. The highest BCUT2D eigenvalue weighted by Crippen LogP contribution is 2.32. The quantitative estimate of drug-likeness (QED) is 0.447. The van der Waals surface area contributed by atoms with Crippen molar-refractivity contribution in [3.8, 4) is 5.75 Å². The molecule has 3 aliphatic heterocycles. The summed E-state index contributed by atoms with van der Waals surface area (Å²) in [6.45, 7) is 4.00. The van der Waals surface area contributed by atoms with Gasteiger partial charge in [0.05, 0.1) is 24.1 Å². The minimum atomic E-state index is -0.442. The van der Waals surface area contributed by atoms with Crippen molar-refractivity contribution < 1.29 is 23.9 Å². The zero-order valence-electron chi connectivity index (χ0n) is 23.4. The number of benzene rings is 2. The van der Waals surface area contributed by atoms with Crippen LogP contribution in [0, 0.1) is 0 Å². The molecule has 0 aliphatic carbocycles. The lowest BCUT2D eigenvalue weighted by atomic mass is 9.94. The second-order valence-electron chi connectivity index (χ2n) is 10.9. The number of nitrogens with one attached hydrogen (secondary N) is 3. The van der Waals surface area contributed by atoms with Crippen LogP contribution >= 0.6 is 11.6 Å². The first-order valence-electron chi connectivity index (χ1n) is 14.4. The average molecular weight is 584 g/mol. The van der Waals surface area contributed by atoms with E-state index in [-0.39, 0.29) is 36.7 Å². The molecule has 2 saturated heterocycles. The van der Waals surface area contributed by atoms with Crippen LogP contribution in [0.1, 0.15) is 48.9 Å². The van der Waals surface area contributed by atoms with E-state index in [1.807, 2.05) is 0 Å². The van der Waals surface area contributed by atoms with Crippen molar-refractivity contribution >= 4 is 40.8 Å². The summed E-state index contributed by atoms with van der Waals surface area (Å²) in [5.41, 5.74) is 1.42. The number of likely N-dealkylation sites (N-methyl/N-ethyl adjacent to an activating group) is 1. The van der Waals surface area contributed by atoms with Gasteiger partial charge in [-0.3, -0.25) is 9.59 Å². The molecule has 0 bridgehead atoms. The molecule has 220 valence electrons. The number of hydrogen-bond acceptors (Lipinski definition) is 6. The SMILES string of the molecule is CN1C(=O)c2cc(NC(=O)Nc3ccc(Cl)cc3)ccc2OC[C@H]2O[C@H](CC(=O)NCCN3CCCCC3)CC[C@@H]21. The van der Waals surface area contributed by atoms with Crippen molar-refractivity contribution in [3.63, 3.8) is 0 Å². The number of piperidine rings is 1. The Hall–Kier alpha value is -3.34. The third-order valence-electron chi connectivity index (χ3n) is 7.98. The summed E-state index contributed by atoms with van der Waals surface area (Å²) in [6, 6.07) is 11.1. The Labute approximate surface area is 245 Å². The Balaban J connectivity index is 1.15. The van der Waals surface area contributed by atoms with Crippen LogP contribution in [-0.2, 0) is 9.53 Å². The van der Waals surface area contributed by atoms with E-state index >= 15 is 0 Å². The molecule has 41 heavy (non-hydrogen) atoms. The van der Waals surface area contributed by atoms with Crippen molar-refractivity contribution in [1.29, 1.82) is 0 Å². The van der Waals surface area contributed by atoms with Gasteiger partial charge in [0.25, 0.3) is 5.91 Å². The first-order valence-corrected chi connectivity index (χ1v) is 14.8. The van der Waals surface area contributed by atoms with Gasteiger partial charge >= 0.3 is 6.03 Å². The molecule has 0 aromatic heterocycles. The number of anilines is 2. The lowest BCUT2D eigenvalue weighted by molar-refractivity contribution is -0.134. The van der Waals surface area contributed by atoms with Crippen LogP contribution in [0.2, 0.25) is 5.02 Å². The summed E-state index contributed by atoms with van der Waals surface area (Å²) < 4.78 is 12.4. The minimum absolute atomic E-state index is 0.00729. The van der Waals surface area contributed by atoms with E-state index in [0.29, 0.717) is 53.5 Å². The van der Waals surface area contributed by atoms with Crippen molar-refractivity contribution in [2.75, 3.05) is 50.5 Å². The van der Waals surface area contributed by atoms with Crippen LogP contribution < -0.4 is 20.7 Å². The monoisotopic (exact) mass is 583 g/mol. The van der Waals surface area contributed by atoms with Crippen LogP contribution in [0.15, 0.2) is 42.5 Å². The van der Waals surface area contributed by atoms with Gasteiger partial charge in [0.2, 0.25) is 5.91 Å². The van der Waals surface area contributed by atoms with E-state index in [1.54, 1.807) is 54.4 Å². The Morgan fingerprint density at radius 3 is 2.51 bits per heavy atom. The van der Waals surface area contributed by atoms with Crippen LogP contribution in [0.25, 0.3) is 0 Å². The highest BCUT2D eigenvalue weighted by molar-refractivity contribution is 6.30. The second kappa shape index (κ2) is 13.5. The average Bonchev–Trinajstić information content (AvgIpc) is 2.97. The standard InChI is InChI=1S/C30H38ClN5O5/c1-35-25-11-10-23(18-28(37)32-13-16-36-14-3-2-4-15-36)41-27(25)19-40-26-12-9-22(17-24(26)29(35)38)34-30(39)33-21-7-5-20(31)6-8-21/h5-9,12,17,23,25,27H,2-4,10-11,13-16,18-19H2,1H3,(H,32,37)(H2,33,34,39)/t23-,25-,27+/m0/s1. The summed E-state index contributed by atoms with van der Waals surface area (Å²) >= 11 is 5.90. The number of ether oxygens (including phenoxy) is 2. The molecule has 0 spiro atoms. The van der Waals surface area contributed by atoms with Gasteiger partial charge in [0, 0.05) is 36.5 Å². The highest BCUT2D eigenvalue weighted by atomic mass is 35.5. The molecule has 5 rings (SSSR count). The number of carbonyl (C=O) groups is 3. The molecular formula is C30H38ClN5O5. The first kappa shape index (κ1) is 29.2. The fourth-order valence-corrected chi connectivity index (χ4v) is 5.87.